The van der Waals surface area contributed by atoms with Crippen LogP contribution in [0.3, 0.4) is 0 Å². The van der Waals surface area contributed by atoms with Gasteiger partial charge in [-0.1, -0.05) is 24.3 Å². The number of aryl methyl sites for hydroxylation is 1. The van der Waals surface area contributed by atoms with Crippen LogP contribution in [0.15, 0.2) is 30.5 Å². The van der Waals surface area contributed by atoms with Gasteiger partial charge in [-0.15, -0.1) is 0 Å². The number of sulfone groups is 1. The molecular weight excluding hydrogens is 274 g/mol. The Kier molecular flexibility index (Phi) is 3.37. The smallest absolute Gasteiger partial charge is 0.156 e. The fraction of sp³-hybridized carbons (Fsp3) is 0.357. The van der Waals surface area contributed by atoms with Crippen LogP contribution in [0.4, 0.5) is 5.82 Å². The average molecular weight is 293 g/mol. The fourth-order valence-corrected chi connectivity index (χ4v) is 2.50. The summed E-state index contributed by atoms with van der Waals surface area (Å²) in [5.41, 5.74) is 8.45. The second kappa shape index (κ2) is 4.63. The van der Waals surface area contributed by atoms with E-state index in [0.717, 1.165) is 16.7 Å². The second-order valence-corrected chi connectivity index (χ2v) is 7.99. The minimum Gasteiger partial charge on any atom is -0.383 e. The Hall–Kier alpha value is -1.82. The van der Waals surface area contributed by atoms with Crippen molar-refractivity contribution < 1.29 is 8.42 Å². The van der Waals surface area contributed by atoms with Gasteiger partial charge in [0.25, 0.3) is 0 Å². The molecule has 0 radical (unpaired) electrons. The average Bonchev–Trinajstić information content (AvgIpc) is 2.69. The molecule has 2 aromatic rings. The molecule has 1 heterocycles. The van der Waals surface area contributed by atoms with Crippen LogP contribution in [0.25, 0.3) is 11.1 Å². The first-order valence-electron chi connectivity index (χ1n) is 6.22. The Labute approximate surface area is 119 Å². The maximum absolute atomic E-state index is 11.8. The molecule has 108 valence electrons. The first kappa shape index (κ1) is 14.6. The largest absolute Gasteiger partial charge is 0.383 e. The van der Waals surface area contributed by atoms with Gasteiger partial charge in [-0.2, -0.15) is 5.10 Å². The Balaban J connectivity index is 2.44. The van der Waals surface area contributed by atoms with Crippen molar-refractivity contribution >= 4 is 15.7 Å². The monoisotopic (exact) mass is 293 g/mol. The Bertz CT molecular complexity index is 728. The molecule has 0 atom stereocenters. The van der Waals surface area contributed by atoms with Gasteiger partial charge < -0.3 is 5.73 Å². The minimum absolute atomic E-state index is 0.583. The maximum Gasteiger partial charge on any atom is 0.156 e. The number of nitrogens with zero attached hydrogens (tertiary/aromatic N) is 2. The van der Waals surface area contributed by atoms with Gasteiger partial charge in [0, 0.05) is 18.9 Å². The van der Waals surface area contributed by atoms with Gasteiger partial charge >= 0.3 is 0 Å². The Morgan fingerprint density at radius 1 is 1.20 bits per heavy atom. The quantitative estimate of drug-likeness (QED) is 0.938. The van der Waals surface area contributed by atoms with Crippen molar-refractivity contribution in [1.82, 2.24) is 9.78 Å². The summed E-state index contributed by atoms with van der Waals surface area (Å²) in [5.74, 6) is 0.583. The van der Waals surface area contributed by atoms with E-state index in [9.17, 15) is 8.42 Å². The third-order valence-electron chi connectivity index (χ3n) is 3.80. The fourth-order valence-electron chi connectivity index (χ4n) is 1.93. The molecule has 1 aromatic carbocycles. The van der Waals surface area contributed by atoms with Gasteiger partial charge in [0.2, 0.25) is 0 Å². The van der Waals surface area contributed by atoms with Crippen molar-refractivity contribution in [3.05, 3.63) is 36.0 Å². The highest BCUT2D eigenvalue weighted by Gasteiger charge is 2.32. The summed E-state index contributed by atoms with van der Waals surface area (Å²) in [6.45, 7) is 3.41. The van der Waals surface area contributed by atoms with Crippen LogP contribution in [0.2, 0.25) is 0 Å². The zero-order valence-electron chi connectivity index (χ0n) is 12.1. The van der Waals surface area contributed by atoms with Gasteiger partial charge in [0.1, 0.15) is 5.82 Å². The van der Waals surface area contributed by atoms with Gasteiger partial charge in [0.15, 0.2) is 9.84 Å². The number of hydrogen-bond donors (Lipinski definition) is 1. The lowest BCUT2D eigenvalue weighted by atomic mass is 9.99. The first-order valence-corrected chi connectivity index (χ1v) is 8.11. The zero-order chi connectivity index (χ0) is 15.1. The van der Waals surface area contributed by atoms with Crippen molar-refractivity contribution in [2.75, 3.05) is 12.0 Å². The standard InChI is InChI=1S/C14H19N3O2S/c1-14(2,20(4,18)19)11-7-5-10(6-8-11)12-9-16-17(3)13(12)15/h5-9H,15H2,1-4H3. The van der Waals surface area contributed by atoms with Crippen molar-refractivity contribution in [1.29, 1.82) is 0 Å². The highest BCUT2D eigenvalue weighted by Crippen LogP contribution is 2.31. The molecule has 0 bridgehead atoms. The molecule has 0 spiro atoms. The Morgan fingerprint density at radius 2 is 1.75 bits per heavy atom. The Morgan fingerprint density at radius 3 is 2.15 bits per heavy atom. The van der Waals surface area contributed by atoms with Crippen LogP contribution in [-0.4, -0.2) is 24.5 Å². The normalized spacial score (nSPS) is 12.6. The SMILES string of the molecule is Cn1ncc(-c2ccc(C(C)(C)S(C)(=O)=O)cc2)c1N. The highest BCUT2D eigenvalue weighted by molar-refractivity contribution is 7.91. The molecule has 0 amide bonds. The number of nitrogens with two attached hydrogens (primary N) is 1. The topological polar surface area (TPSA) is 78.0 Å². The third kappa shape index (κ3) is 2.31. The van der Waals surface area contributed by atoms with Crippen molar-refractivity contribution in [3.8, 4) is 11.1 Å². The third-order valence-corrected chi connectivity index (χ3v) is 5.89. The number of benzene rings is 1. The molecule has 0 unspecified atom stereocenters. The number of anilines is 1. The molecule has 0 aliphatic heterocycles. The molecule has 2 rings (SSSR count). The van der Waals surface area contributed by atoms with Crippen LogP contribution in [0.1, 0.15) is 19.4 Å². The summed E-state index contributed by atoms with van der Waals surface area (Å²) < 4.78 is 24.4. The molecule has 2 N–H and O–H groups in total. The van der Waals surface area contributed by atoms with Crippen molar-refractivity contribution in [3.63, 3.8) is 0 Å². The lowest BCUT2D eigenvalue weighted by Crippen LogP contribution is -2.27. The second-order valence-electron chi connectivity index (χ2n) is 5.43. The number of hydrogen-bond acceptors (Lipinski definition) is 4. The van der Waals surface area contributed by atoms with E-state index in [4.69, 9.17) is 5.73 Å². The molecule has 0 fully saturated rings. The van der Waals surface area contributed by atoms with E-state index in [2.05, 4.69) is 5.10 Å². The lowest BCUT2D eigenvalue weighted by Gasteiger charge is -2.23. The van der Waals surface area contributed by atoms with E-state index in [1.807, 2.05) is 24.3 Å². The summed E-state index contributed by atoms with van der Waals surface area (Å²) in [6.07, 6.45) is 2.95. The van der Waals surface area contributed by atoms with Gasteiger partial charge in [0.05, 0.1) is 10.9 Å². The van der Waals surface area contributed by atoms with Crippen LogP contribution in [0, 0.1) is 0 Å². The minimum atomic E-state index is -3.18. The number of aromatic nitrogens is 2. The van der Waals surface area contributed by atoms with E-state index in [1.165, 1.54) is 6.26 Å². The highest BCUT2D eigenvalue weighted by atomic mass is 32.2. The van der Waals surface area contributed by atoms with E-state index in [1.54, 1.807) is 31.8 Å². The number of nitrogen functional groups attached to an aromatic ring is 1. The summed E-state index contributed by atoms with van der Waals surface area (Å²) in [5, 5.41) is 4.10. The van der Waals surface area contributed by atoms with Crippen molar-refractivity contribution in [2.45, 2.75) is 18.6 Å². The van der Waals surface area contributed by atoms with Gasteiger partial charge in [-0.05, 0) is 25.0 Å². The summed E-state index contributed by atoms with van der Waals surface area (Å²) >= 11 is 0. The molecule has 20 heavy (non-hydrogen) atoms. The molecule has 0 saturated carbocycles. The first-order chi connectivity index (χ1) is 9.14. The summed E-state index contributed by atoms with van der Waals surface area (Å²) in [4.78, 5) is 0. The zero-order valence-corrected chi connectivity index (χ0v) is 12.9. The van der Waals surface area contributed by atoms with E-state index in [-0.39, 0.29) is 0 Å². The molecule has 5 nitrogen and oxygen atoms in total. The molecule has 0 aliphatic carbocycles. The summed E-state index contributed by atoms with van der Waals surface area (Å²) in [6, 6.07) is 7.39. The van der Waals surface area contributed by atoms with Gasteiger partial charge in [-0.3, -0.25) is 4.68 Å². The van der Waals surface area contributed by atoms with Crippen LogP contribution < -0.4 is 5.73 Å². The number of rotatable bonds is 3. The van der Waals surface area contributed by atoms with Gasteiger partial charge in [-0.25, -0.2) is 8.42 Å². The predicted octanol–water partition coefficient (Wildman–Crippen LogP) is 1.95. The van der Waals surface area contributed by atoms with Crippen LogP contribution in [0.5, 0.6) is 0 Å². The van der Waals surface area contributed by atoms with E-state index in [0.29, 0.717) is 5.82 Å². The molecular formula is C14H19N3O2S. The summed E-state index contributed by atoms with van der Waals surface area (Å²) in [7, 11) is -1.40. The predicted molar refractivity (Wildman–Crippen MR) is 80.9 cm³/mol. The maximum atomic E-state index is 11.8. The van der Waals surface area contributed by atoms with Crippen molar-refractivity contribution in [2.24, 2.45) is 7.05 Å². The van der Waals surface area contributed by atoms with E-state index < -0.39 is 14.6 Å². The molecule has 1 aromatic heterocycles. The van der Waals surface area contributed by atoms with Crippen LogP contribution in [-0.2, 0) is 21.6 Å². The molecule has 0 saturated heterocycles. The lowest BCUT2D eigenvalue weighted by molar-refractivity contribution is 0.561. The molecule has 0 aliphatic rings. The van der Waals surface area contributed by atoms with E-state index >= 15 is 0 Å². The van der Waals surface area contributed by atoms with Crippen LogP contribution >= 0.6 is 0 Å². The molecule has 6 heteroatoms.